The molecule has 0 aromatic heterocycles. The van der Waals surface area contributed by atoms with Gasteiger partial charge < -0.3 is 0 Å². The Balaban J connectivity index is 0. The minimum atomic E-state index is -4.67. The van der Waals surface area contributed by atoms with E-state index in [0.29, 0.717) is 17.6 Å². The zero-order valence-electron chi connectivity index (χ0n) is 9.60. The van der Waals surface area contributed by atoms with Crippen molar-refractivity contribution in [2.45, 2.75) is 40.5 Å². The predicted octanol–water partition coefficient (Wildman–Crippen LogP) is 1.99. The average Bonchev–Trinajstić information content (AvgIpc) is 1.76. The van der Waals surface area contributed by atoms with Gasteiger partial charge in [-0.25, -0.2) is 0 Å². The van der Waals surface area contributed by atoms with E-state index in [1.165, 1.54) is 0 Å². The number of rotatable bonds is 4. The number of carbonyl (C=O) groups is 1. The Kier molecular flexibility index (Phi) is 8.80. The molecule has 2 N–H and O–H groups in total. The van der Waals surface area contributed by atoms with E-state index in [-0.39, 0.29) is 0 Å². The molecule has 0 aliphatic heterocycles. The molecule has 0 aliphatic carbocycles. The molecule has 0 fully saturated rings. The summed E-state index contributed by atoms with van der Waals surface area (Å²) in [5, 5.41) is 0. The highest BCUT2D eigenvalue weighted by atomic mass is 32.3. The number of carbonyl (C=O) groups excluding carboxylic acids is 1. The van der Waals surface area contributed by atoms with Gasteiger partial charge in [0.25, 0.3) is 0 Å². The van der Waals surface area contributed by atoms with Crippen LogP contribution in [0.5, 0.6) is 0 Å². The molecule has 5 nitrogen and oxygen atoms in total. The van der Waals surface area contributed by atoms with E-state index >= 15 is 0 Å². The average molecular weight is 240 g/mol. The molecule has 0 rings (SSSR count). The maximum Gasteiger partial charge on any atom is 0.394 e. The van der Waals surface area contributed by atoms with Gasteiger partial charge in [-0.15, -0.1) is 0 Å². The molecule has 0 saturated heterocycles. The summed E-state index contributed by atoms with van der Waals surface area (Å²) in [6.45, 7) is 8.33. The van der Waals surface area contributed by atoms with Gasteiger partial charge in [-0.05, 0) is 11.8 Å². The highest BCUT2D eigenvalue weighted by Gasteiger charge is 2.06. The first-order valence-corrected chi connectivity index (χ1v) is 6.13. The van der Waals surface area contributed by atoms with Crippen LogP contribution < -0.4 is 0 Å². The van der Waals surface area contributed by atoms with Gasteiger partial charge in [0.15, 0.2) is 0 Å². The molecular weight excluding hydrogens is 220 g/mol. The lowest BCUT2D eigenvalue weighted by atomic mass is 10.00. The van der Waals surface area contributed by atoms with Crippen LogP contribution in [0, 0.1) is 11.8 Å². The summed E-state index contributed by atoms with van der Waals surface area (Å²) in [5.41, 5.74) is 0. The maximum absolute atomic E-state index is 11.1. The van der Waals surface area contributed by atoms with E-state index in [9.17, 15) is 4.79 Å². The topological polar surface area (TPSA) is 91.7 Å². The van der Waals surface area contributed by atoms with Crippen molar-refractivity contribution in [3.05, 3.63) is 0 Å². The molecule has 0 amide bonds. The van der Waals surface area contributed by atoms with Gasteiger partial charge in [0.05, 0.1) is 0 Å². The van der Waals surface area contributed by atoms with Crippen LogP contribution in [-0.2, 0) is 15.2 Å². The smallest absolute Gasteiger partial charge is 0.300 e. The van der Waals surface area contributed by atoms with Crippen molar-refractivity contribution in [3.8, 4) is 0 Å². The van der Waals surface area contributed by atoms with Crippen LogP contribution >= 0.6 is 0 Å². The second-order valence-corrected chi connectivity index (χ2v) is 5.08. The summed E-state index contributed by atoms with van der Waals surface area (Å²) >= 11 is 0. The molecule has 0 saturated carbocycles. The Hall–Kier alpha value is -0.460. The fraction of sp³-hybridized carbons (Fsp3) is 0.889. The molecule has 0 heterocycles. The Morgan fingerprint density at radius 2 is 1.20 bits per heavy atom. The van der Waals surface area contributed by atoms with Crippen LogP contribution in [-0.4, -0.2) is 23.3 Å². The Morgan fingerprint density at radius 3 is 1.33 bits per heavy atom. The minimum Gasteiger partial charge on any atom is -0.300 e. The molecule has 0 unspecified atom stereocenters. The van der Waals surface area contributed by atoms with Crippen molar-refractivity contribution < 1.29 is 22.3 Å². The summed E-state index contributed by atoms with van der Waals surface area (Å²) < 4.78 is 31.6. The van der Waals surface area contributed by atoms with E-state index in [0.717, 1.165) is 12.8 Å². The molecule has 15 heavy (non-hydrogen) atoms. The maximum atomic E-state index is 11.1. The summed E-state index contributed by atoms with van der Waals surface area (Å²) in [7, 11) is -4.67. The minimum absolute atomic E-state index is 0.407. The first-order chi connectivity index (χ1) is 6.52. The van der Waals surface area contributed by atoms with Gasteiger partial charge in [0.2, 0.25) is 0 Å². The molecule has 0 spiro atoms. The summed E-state index contributed by atoms with van der Waals surface area (Å²) in [5.74, 6) is 1.45. The van der Waals surface area contributed by atoms with Crippen LogP contribution in [0.2, 0.25) is 0 Å². The molecule has 6 heteroatoms. The van der Waals surface area contributed by atoms with E-state index in [2.05, 4.69) is 27.7 Å². The predicted molar refractivity (Wildman–Crippen MR) is 58.1 cm³/mol. The first-order valence-electron chi connectivity index (χ1n) is 4.74. The molecule has 0 bridgehead atoms. The SMILES string of the molecule is CC(C)CC(=O)CC(C)C.O=S(=O)(O)O. The largest absolute Gasteiger partial charge is 0.394 e. The van der Waals surface area contributed by atoms with E-state index in [1.807, 2.05) is 0 Å². The van der Waals surface area contributed by atoms with Gasteiger partial charge in [-0.3, -0.25) is 13.9 Å². The fourth-order valence-electron chi connectivity index (χ4n) is 0.994. The Labute approximate surface area is 91.5 Å². The van der Waals surface area contributed by atoms with Gasteiger partial charge in [0, 0.05) is 12.8 Å². The fourth-order valence-corrected chi connectivity index (χ4v) is 0.994. The molecule has 0 aromatic carbocycles. The third-order valence-corrected chi connectivity index (χ3v) is 1.27. The van der Waals surface area contributed by atoms with Gasteiger partial charge in [-0.2, -0.15) is 8.42 Å². The van der Waals surface area contributed by atoms with Crippen LogP contribution in [0.3, 0.4) is 0 Å². The highest BCUT2D eigenvalue weighted by molar-refractivity contribution is 7.79. The van der Waals surface area contributed by atoms with E-state index < -0.39 is 10.4 Å². The summed E-state index contributed by atoms with van der Waals surface area (Å²) in [6, 6.07) is 0. The number of ketones is 1. The van der Waals surface area contributed by atoms with Gasteiger partial charge in [-0.1, -0.05) is 27.7 Å². The van der Waals surface area contributed by atoms with Crippen molar-refractivity contribution >= 4 is 16.2 Å². The zero-order valence-corrected chi connectivity index (χ0v) is 10.4. The molecule has 0 atom stereocenters. The normalized spacial score (nSPS) is 11.2. The second-order valence-electron chi connectivity index (χ2n) is 4.18. The Morgan fingerprint density at radius 1 is 1.00 bits per heavy atom. The lowest BCUT2D eigenvalue weighted by Crippen LogP contribution is -2.05. The standard InChI is InChI=1S/C9H18O.H2O4S/c1-7(2)5-9(10)6-8(3)4;1-5(2,3)4/h7-8H,5-6H2,1-4H3;(H2,1,2,3,4). The van der Waals surface area contributed by atoms with E-state index in [4.69, 9.17) is 17.5 Å². The molecule has 0 radical (unpaired) electrons. The molecule has 92 valence electrons. The van der Waals surface area contributed by atoms with Crippen LogP contribution in [0.4, 0.5) is 0 Å². The van der Waals surface area contributed by atoms with Gasteiger partial charge >= 0.3 is 10.4 Å². The van der Waals surface area contributed by atoms with Crippen molar-refractivity contribution in [2.75, 3.05) is 0 Å². The van der Waals surface area contributed by atoms with Crippen LogP contribution in [0.25, 0.3) is 0 Å². The highest BCUT2D eigenvalue weighted by Crippen LogP contribution is 2.07. The zero-order chi connectivity index (χ0) is 12.6. The molecule has 0 aliphatic rings. The molecular formula is C9H20O5S. The van der Waals surface area contributed by atoms with Gasteiger partial charge in [0.1, 0.15) is 5.78 Å². The number of hydrogen-bond donors (Lipinski definition) is 2. The van der Waals surface area contributed by atoms with E-state index in [1.54, 1.807) is 0 Å². The van der Waals surface area contributed by atoms with Crippen LogP contribution in [0.1, 0.15) is 40.5 Å². The monoisotopic (exact) mass is 240 g/mol. The van der Waals surface area contributed by atoms with Crippen LogP contribution in [0.15, 0.2) is 0 Å². The van der Waals surface area contributed by atoms with Crippen molar-refractivity contribution in [3.63, 3.8) is 0 Å². The van der Waals surface area contributed by atoms with Crippen molar-refractivity contribution in [1.29, 1.82) is 0 Å². The van der Waals surface area contributed by atoms with Crippen molar-refractivity contribution in [1.82, 2.24) is 0 Å². The number of Topliss-reactive ketones (excluding diaryl/α,β-unsaturated/α-hetero) is 1. The molecule has 0 aromatic rings. The lowest BCUT2D eigenvalue weighted by molar-refractivity contribution is -0.120. The van der Waals surface area contributed by atoms with Crippen molar-refractivity contribution in [2.24, 2.45) is 11.8 Å². The first kappa shape index (κ1) is 17.0. The Bertz CT molecular complexity index is 246. The third kappa shape index (κ3) is 31.7. The third-order valence-electron chi connectivity index (χ3n) is 1.27. The lowest BCUT2D eigenvalue weighted by Gasteiger charge is -2.05. The quantitative estimate of drug-likeness (QED) is 0.733. The summed E-state index contributed by atoms with van der Waals surface area (Å²) in [4.78, 5) is 11.1. The summed E-state index contributed by atoms with van der Waals surface area (Å²) in [6.07, 6.45) is 1.50. The second kappa shape index (κ2) is 7.78. The number of hydrogen-bond acceptors (Lipinski definition) is 3.